The SMILES string of the molecule is Cn1c(C(C)(C)O)cc2cc(F)ccc21. The first-order valence-electron chi connectivity index (χ1n) is 4.87. The summed E-state index contributed by atoms with van der Waals surface area (Å²) in [7, 11) is 1.87. The van der Waals surface area contributed by atoms with Crippen LogP contribution < -0.4 is 0 Å². The summed E-state index contributed by atoms with van der Waals surface area (Å²) in [5, 5.41) is 10.7. The lowest BCUT2D eigenvalue weighted by molar-refractivity contribution is 0.0712. The summed E-state index contributed by atoms with van der Waals surface area (Å²) in [5.74, 6) is -0.254. The fraction of sp³-hybridized carbons (Fsp3) is 0.333. The number of aromatic nitrogens is 1. The molecule has 2 nitrogen and oxygen atoms in total. The summed E-state index contributed by atoms with van der Waals surface area (Å²) in [6.07, 6.45) is 0. The molecule has 3 heteroatoms. The van der Waals surface area contributed by atoms with Crippen molar-refractivity contribution in [3.8, 4) is 0 Å². The molecule has 0 spiro atoms. The number of hydrogen-bond acceptors (Lipinski definition) is 1. The lowest BCUT2D eigenvalue weighted by Crippen LogP contribution is -2.19. The van der Waals surface area contributed by atoms with Gasteiger partial charge in [-0.25, -0.2) is 4.39 Å². The molecule has 0 atom stereocenters. The van der Waals surface area contributed by atoms with Gasteiger partial charge in [0.15, 0.2) is 0 Å². The quantitative estimate of drug-likeness (QED) is 0.763. The van der Waals surface area contributed by atoms with E-state index in [-0.39, 0.29) is 5.82 Å². The molecule has 2 rings (SSSR count). The van der Waals surface area contributed by atoms with E-state index in [2.05, 4.69) is 0 Å². The Hall–Kier alpha value is -1.35. The number of halogens is 1. The Labute approximate surface area is 88.0 Å². The van der Waals surface area contributed by atoms with Gasteiger partial charge in [-0.3, -0.25) is 0 Å². The van der Waals surface area contributed by atoms with E-state index >= 15 is 0 Å². The molecule has 0 saturated heterocycles. The van der Waals surface area contributed by atoms with Crippen LogP contribution in [0.15, 0.2) is 24.3 Å². The highest BCUT2D eigenvalue weighted by Gasteiger charge is 2.21. The summed E-state index contributed by atoms with van der Waals surface area (Å²) in [4.78, 5) is 0. The molecule has 80 valence electrons. The van der Waals surface area contributed by atoms with Gasteiger partial charge in [0, 0.05) is 23.6 Å². The third-order valence-corrected chi connectivity index (χ3v) is 2.63. The number of aryl methyl sites for hydroxylation is 1. The van der Waals surface area contributed by atoms with Crippen molar-refractivity contribution in [2.45, 2.75) is 19.4 Å². The van der Waals surface area contributed by atoms with Gasteiger partial charge in [-0.2, -0.15) is 0 Å². The molecule has 0 aliphatic rings. The van der Waals surface area contributed by atoms with Crippen LogP contribution in [-0.4, -0.2) is 9.67 Å². The fourth-order valence-electron chi connectivity index (χ4n) is 1.91. The average Bonchev–Trinajstić information content (AvgIpc) is 2.42. The van der Waals surface area contributed by atoms with Gasteiger partial charge >= 0.3 is 0 Å². The zero-order chi connectivity index (χ0) is 11.2. The second-order valence-corrected chi connectivity index (χ2v) is 4.35. The molecule has 1 heterocycles. The lowest BCUT2D eigenvalue weighted by Gasteiger charge is -2.18. The van der Waals surface area contributed by atoms with Crippen LogP contribution >= 0.6 is 0 Å². The lowest BCUT2D eigenvalue weighted by atomic mass is 10.1. The number of fused-ring (bicyclic) bond motifs is 1. The highest BCUT2D eigenvalue weighted by molar-refractivity contribution is 5.81. The molecule has 15 heavy (non-hydrogen) atoms. The number of rotatable bonds is 1. The van der Waals surface area contributed by atoms with Crippen LogP contribution in [0.2, 0.25) is 0 Å². The second-order valence-electron chi connectivity index (χ2n) is 4.35. The molecule has 0 saturated carbocycles. The standard InChI is InChI=1S/C12H14FNO/c1-12(2,15)11-7-8-6-9(13)4-5-10(8)14(11)3/h4-7,15H,1-3H3. The Balaban J connectivity index is 2.75. The van der Waals surface area contributed by atoms with Crippen molar-refractivity contribution in [3.05, 3.63) is 35.8 Å². The zero-order valence-corrected chi connectivity index (χ0v) is 9.08. The molecular weight excluding hydrogens is 193 g/mol. The second kappa shape index (κ2) is 3.07. The van der Waals surface area contributed by atoms with E-state index < -0.39 is 5.60 Å². The first-order valence-corrected chi connectivity index (χ1v) is 4.87. The Kier molecular flexibility index (Phi) is 2.08. The maximum Gasteiger partial charge on any atom is 0.123 e. The van der Waals surface area contributed by atoms with E-state index in [1.807, 2.05) is 17.7 Å². The Morgan fingerprint density at radius 1 is 1.27 bits per heavy atom. The summed E-state index contributed by atoms with van der Waals surface area (Å²) in [6.45, 7) is 3.44. The van der Waals surface area contributed by atoms with Crippen molar-refractivity contribution in [3.63, 3.8) is 0 Å². The van der Waals surface area contributed by atoms with Crippen LogP contribution in [0.3, 0.4) is 0 Å². The zero-order valence-electron chi connectivity index (χ0n) is 9.08. The third-order valence-electron chi connectivity index (χ3n) is 2.63. The predicted molar refractivity (Wildman–Crippen MR) is 58.1 cm³/mol. The number of hydrogen-bond donors (Lipinski definition) is 1. The van der Waals surface area contributed by atoms with Gasteiger partial charge in [0.05, 0.1) is 5.60 Å². The van der Waals surface area contributed by atoms with Crippen molar-refractivity contribution < 1.29 is 9.50 Å². The molecule has 2 aromatic rings. The first kappa shape index (κ1) is 10.2. The molecule has 0 unspecified atom stereocenters. The van der Waals surface area contributed by atoms with E-state index in [4.69, 9.17) is 0 Å². The van der Waals surface area contributed by atoms with Crippen molar-refractivity contribution in [1.82, 2.24) is 4.57 Å². The van der Waals surface area contributed by atoms with Crippen LogP contribution in [0, 0.1) is 5.82 Å². The van der Waals surface area contributed by atoms with E-state index in [0.717, 1.165) is 16.6 Å². The minimum atomic E-state index is -0.912. The average molecular weight is 207 g/mol. The number of nitrogens with zero attached hydrogens (tertiary/aromatic N) is 1. The fourth-order valence-corrected chi connectivity index (χ4v) is 1.91. The minimum absolute atomic E-state index is 0.254. The predicted octanol–water partition coefficient (Wildman–Crippen LogP) is 2.54. The van der Waals surface area contributed by atoms with Crippen LogP contribution in [0.25, 0.3) is 10.9 Å². The molecule has 0 aliphatic carbocycles. The summed E-state index contributed by atoms with van der Waals surface area (Å²) >= 11 is 0. The maximum absolute atomic E-state index is 13.0. The normalized spacial score (nSPS) is 12.3. The molecule has 1 N–H and O–H groups in total. The van der Waals surface area contributed by atoms with Crippen molar-refractivity contribution in [1.29, 1.82) is 0 Å². The van der Waals surface area contributed by atoms with Gasteiger partial charge in [-0.05, 0) is 38.1 Å². The molecule has 0 aliphatic heterocycles. The molecular formula is C12H14FNO. The van der Waals surface area contributed by atoms with Crippen LogP contribution in [0.4, 0.5) is 4.39 Å². The molecule has 0 amide bonds. The largest absolute Gasteiger partial charge is 0.384 e. The van der Waals surface area contributed by atoms with Crippen molar-refractivity contribution >= 4 is 10.9 Å². The molecule has 0 fully saturated rings. The van der Waals surface area contributed by atoms with Crippen molar-refractivity contribution in [2.75, 3.05) is 0 Å². The van der Waals surface area contributed by atoms with E-state index in [0.29, 0.717) is 0 Å². The van der Waals surface area contributed by atoms with Gasteiger partial charge in [0.2, 0.25) is 0 Å². The molecule has 0 bridgehead atoms. The van der Waals surface area contributed by atoms with Crippen LogP contribution in [0.1, 0.15) is 19.5 Å². The van der Waals surface area contributed by atoms with Gasteiger partial charge in [-0.1, -0.05) is 0 Å². The van der Waals surface area contributed by atoms with Crippen molar-refractivity contribution in [2.24, 2.45) is 7.05 Å². The van der Waals surface area contributed by atoms with E-state index in [1.54, 1.807) is 19.9 Å². The van der Waals surface area contributed by atoms with Gasteiger partial charge in [0.25, 0.3) is 0 Å². The monoisotopic (exact) mass is 207 g/mol. The Bertz CT molecular complexity index is 508. The molecule has 1 aromatic heterocycles. The summed E-state index contributed by atoms with van der Waals surface area (Å²) < 4.78 is 14.9. The molecule has 1 aromatic carbocycles. The maximum atomic E-state index is 13.0. The van der Waals surface area contributed by atoms with Crippen LogP contribution in [-0.2, 0) is 12.6 Å². The van der Waals surface area contributed by atoms with E-state index in [1.165, 1.54) is 12.1 Å². The Morgan fingerprint density at radius 3 is 2.53 bits per heavy atom. The molecule has 0 radical (unpaired) electrons. The number of benzene rings is 1. The third kappa shape index (κ3) is 1.63. The summed E-state index contributed by atoms with van der Waals surface area (Å²) in [5.41, 5.74) is 0.793. The highest BCUT2D eigenvalue weighted by Crippen LogP contribution is 2.27. The smallest absolute Gasteiger partial charge is 0.123 e. The highest BCUT2D eigenvalue weighted by atomic mass is 19.1. The first-order chi connectivity index (χ1) is 6.89. The van der Waals surface area contributed by atoms with Gasteiger partial charge < -0.3 is 9.67 Å². The Morgan fingerprint density at radius 2 is 1.93 bits per heavy atom. The van der Waals surface area contributed by atoms with E-state index in [9.17, 15) is 9.50 Å². The number of aliphatic hydroxyl groups is 1. The van der Waals surface area contributed by atoms with Gasteiger partial charge in [-0.15, -0.1) is 0 Å². The van der Waals surface area contributed by atoms with Crippen LogP contribution in [0.5, 0.6) is 0 Å². The van der Waals surface area contributed by atoms with Gasteiger partial charge in [0.1, 0.15) is 5.82 Å². The topological polar surface area (TPSA) is 25.2 Å². The minimum Gasteiger partial charge on any atom is -0.384 e. The summed E-state index contributed by atoms with van der Waals surface area (Å²) in [6, 6.07) is 6.44.